The van der Waals surface area contributed by atoms with Gasteiger partial charge in [0.25, 0.3) is 10.1 Å². The zero-order valence-electron chi connectivity index (χ0n) is 26.6. The molecule has 50 heavy (non-hydrogen) atoms. The first-order valence-electron chi connectivity index (χ1n) is 15.5. The van der Waals surface area contributed by atoms with Gasteiger partial charge in [0.1, 0.15) is 6.61 Å². The van der Waals surface area contributed by atoms with E-state index in [1.807, 2.05) is 42.5 Å². The van der Waals surface area contributed by atoms with Crippen LogP contribution in [0.2, 0.25) is 0 Å². The van der Waals surface area contributed by atoms with Crippen LogP contribution in [0.25, 0.3) is 32.3 Å². The summed E-state index contributed by atoms with van der Waals surface area (Å²) in [6, 6.07) is 36.2. The van der Waals surface area contributed by atoms with Gasteiger partial charge in [-0.05, 0) is 68.7 Å². The van der Waals surface area contributed by atoms with E-state index < -0.39 is 52.9 Å². The molecule has 0 saturated carbocycles. The molecule has 3 atom stereocenters. The van der Waals surface area contributed by atoms with Crippen LogP contribution in [0.4, 0.5) is 0 Å². The van der Waals surface area contributed by atoms with Crippen LogP contribution in [-0.4, -0.2) is 63.8 Å². The molecular formula is C39H30O10S. The predicted octanol–water partition coefficient (Wildman–Crippen LogP) is 6.30. The lowest BCUT2D eigenvalue weighted by Crippen LogP contribution is -2.48. The van der Waals surface area contributed by atoms with E-state index in [0.29, 0.717) is 5.39 Å². The average Bonchev–Trinajstić information content (AvgIpc) is 3.13. The molecule has 0 aliphatic heterocycles. The summed E-state index contributed by atoms with van der Waals surface area (Å²) in [5.74, 6) is -2.77. The molecule has 10 nitrogen and oxygen atoms in total. The van der Waals surface area contributed by atoms with E-state index in [1.54, 1.807) is 66.7 Å². The minimum absolute atomic E-state index is 0.0606. The number of carbonyl (C=O) groups excluding carboxylic acids is 4. The van der Waals surface area contributed by atoms with Crippen molar-refractivity contribution in [3.05, 3.63) is 144 Å². The van der Waals surface area contributed by atoms with Crippen LogP contribution in [0.5, 0.6) is 0 Å². The van der Waals surface area contributed by atoms with Crippen LogP contribution in [-0.2, 0) is 33.3 Å². The molecule has 0 N–H and O–H groups in total. The van der Waals surface area contributed by atoms with Crippen molar-refractivity contribution in [2.24, 2.45) is 0 Å². The summed E-state index contributed by atoms with van der Waals surface area (Å²) < 4.78 is 47.0. The number of esters is 3. The maximum atomic E-state index is 13.6. The van der Waals surface area contributed by atoms with E-state index in [9.17, 15) is 27.6 Å². The van der Waals surface area contributed by atoms with Gasteiger partial charge < -0.3 is 14.2 Å². The summed E-state index contributed by atoms with van der Waals surface area (Å²) in [7, 11) is -4.32. The average molecular weight is 691 g/mol. The molecule has 0 fully saturated rings. The highest BCUT2D eigenvalue weighted by Gasteiger charge is 2.40. The van der Waals surface area contributed by atoms with Crippen molar-refractivity contribution < 1.29 is 46.0 Å². The monoisotopic (exact) mass is 690 g/mol. The molecule has 0 amide bonds. The SMILES string of the molecule is CS(=O)(=O)O[C@@H](COC(=O)c1ccc2ccccc2c1)[C@H](OC(=O)c1ccc2ccccc2c1)[C@H](C=O)OC(=O)c1ccc2ccccc2c1. The highest BCUT2D eigenvalue weighted by Crippen LogP contribution is 2.23. The molecule has 252 valence electrons. The van der Waals surface area contributed by atoms with Gasteiger partial charge in [0.2, 0.25) is 0 Å². The van der Waals surface area contributed by atoms with Crippen LogP contribution in [0.15, 0.2) is 127 Å². The number of ether oxygens (including phenoxy) is 3. The van der Waals surface area contributed by atoms with Gasteiger partial charge in [-0.15, -0.1) is 0 Å². The highest BCUT2D eigenvalue weighted by molar-refractivity contribution is 7.86. The topological polar surface area (TPSA) is 139 Å². The third-order valence-electron chi connectivity index (χ3n) is 7.94. The first-order valence-corrected chi connectivity index (χ1v) is 17.3. The van der Waals surface area contributed by atoms with Gasteiger partial charge in [0, 0.05) is 0 Å². The summed E-state index contributed by atoms with van der Waals surface area (Å²) in [5.41, 5.74) is 0.296. The molecule has 6 aromatic rings. The Bertz CT molecular complexity index is 2350. The van der Waals surface area contributed by atoms with E-state index in [1.165, 1.54) is 18.2 Å². The Morgan fingerprint density at radius 1 is 0.580 bits per heavy atom. The van der Waals surface area contributed by atoms with Gasteiger partial charge in [-0.2, -0.15) is 8.42 Å². The van der Waals surface area contributed by atoms with Gasteiger partial charge in [-0.25, -0.2) is 14.4 Å². The number of benzene rings is 6. The number of hydrogen-bond acceptors (Lipinski definition) is 10. The Labute approximate surface area is 287 Å². The van der Waals surface area contributed by atoms with Crippen LogP contribution < -0.4 is 0 Å². The van der Waals surface area contributed by atoms with E-state index in [-0.39, 0.29) is 23.0 Å². The van der Waals surface area contributed by atoms with Crippen molar-refractivity contribution in [1.82, 2.24) is 0 Å². The minimum Gasteiger partial charge on any atom is -0.459 e. The van der Waals surface area contributed by atoms with E-state index >= 15 is 0 Å². The molecule has 0 aromatic heterocycles. The number of hydrogen-bond donors (Lipinski definition) is 0. The molecule has 0 aliphatic carbocycles. The zero-order chi connectivity index (χ0) is 35.3. The number of carbonyl (C=O) groups is 4. The van der Waals surface area contributed by atoms with Gasteiger partial charge in [-0.1, -0.05) is 91.0 Å². The molecule has 11 heteroatoms. The summed E-state index contributed by atoms with van der Waals surface area (Å²) in [4.78, 5) is 52.7. The Kier molecular flexibility index (Phi) is 9.98. The van der Waals surface area contributed by atoms with Crippen molar-refractivity contribution in [2.75, 3.05) is 12.9 Å². The molecule has 0 radical (unpaired) electrons. The quantitative estimate of drug-likeness (QED) is 0.0622. The predicted molar refractivity (Wildman–Crippen MR) is 186 cm³/mol. The van der Waals surface area contributed by atoms with Crippen molar-refractivity contribution in [2.45, 2.75) is 18.3 Å². The fraction of sp³-hybridized carbons (Fsp3) is 0.128. The van der Waals surface area contributed by atoms with E-state index in [4.69, 9.17) is 18.4 Å². The minimum atomic E-state index is -4.32. The molecule has 0 unspecified atom stereocenters. The molecule has 0 bridgehead atoms. The summed E-state index contributed by atoms with van der Waals surface area (Å²) >= 11 is 0. The Morgan fingerprint density at radius 2 is 0.980 bits per heavy atom. The van der Waals surface area contributed by atoms with Crippen LogP contribution in [0.3, 0.4) is 0 Å². The third-order valence-corrected chi connectivity index (χ3v) is 8.54. The van der Waals surface area contributed by atoms with Crippen LogP contribution >= 0.6 is 0 Å². The first-order chi connectivity index (χ1) is 24.1. The number of aldehydes is 1. The van der Waals surface area contributed by atoms with Crippen molar-refractivity contribution >= 4 is 66.6 Å². The molecule has 0 heterocycles. The Hall–Kier alpha value is -5.91. The summed E-state index contributed by atoms with van der Waals surface area (Å²) in [6.07, 6.45) is -4.64. The highest BCUT2D eigenvalue weighted by atomic mass is 32.2. The maximum Gasteiger partial charge on any atom is 0.338 e. The zero-order valence-corrected chi connectivity index (χ0v) is 27.4. The number of fused-ring (bicyclic) bond motifs is 3. The fourth-order valence-corrected chi connectivity index (χ4v) is 6.12. The molecule has 0 spiro atoms. The molecule has 0 aliphatic rings. The van der Waals surface area contributed by atoms with Crippen LogP contribution in [0, 0.1) is 0 Å². The largest absolute Gasteiger partial charge is 0.459 e. The fourth-order valence-electron chi connectivity index (χ4n) is 5.50. The van der Waals surface area contributed by atoms with Crippen molar-refractivity contribution in [3.63, 3.8) is 0 Å². The van der Waals surface area contributed by atoms with E-state index in [2.05, 4.69) is 0 Å². The van der Waals surface area contributed by atoms with Gasteiger partial charge in [-0.3, -0.25) is 8.98 Å². The summed E-state index contributed by atoms with van der Waals surface area (Å²) in [6.45, 7) is -0.799. The standard InChI is InChI=1S/C39H30O10S/c1-50(44,45)49-35(24-46-37(41)31-17-14-25-8-2-5-11-28(25)20-31)36(48-39(43)33-19-16-27-10-4-7-13-30(27)22-33)34(23-40)47-38(42)32-18-15-26-9-3-6-12-29(26)21-32/h2-23,34-36H,24H2,1H3/t34-,35-,36+/m0/s1. The Balaban J connectivity index is 1.32. The van der Waals surface area contributed by atoms with Crippen molar-refractivity contribution in [1.29, 1.82) is 0 Å². The second-order valence-corrected chi connectivity index (χ2v) is 13.1. The first kappa shape index (κ1) is 34.0. The van der Waals surface area contributed by atoms with Gasteiger partial charge >= 0.3 is 17.9 Å². The van der Waals surface area contributed by atoms with Crippen molar-refractivity contribution in [3.8, 4) is 0 Å². The Morgan fingerprint density at radius 3 is 1.40 bits per heavy atom. The second kappa shape index (κ2) is 14.7. The smallest absolute Gasteiger partial charge is 0.338 e. The van der Waals surface area contributed by atoms with Gasteiger partial charge in [0.15, 0.2) is 24.6 Å². The summed E-state index contributed by atoms with van der Waals surface area (Å²) in [5, 5.41) is 4.77. The normalized spacial score (nSPS) is 13.3. The van der Waals surface area contributed by atoms with Gasteiger partial charge in [0.05, 0.1) is 22.9 Å². The molecule has 0 saturated heterocycles. The lowest BCUT2D eigenvalue weighted by molar-refractivity contribution is -0.128. The lowest BCUT2D eigenvalue weighted by atomic mass is 10.1. The third kappa shape index (κ3) is 8.03. The molecule has 6 rings (SSSR count). The lowest BCUT2D eigenvalue weighted by Gasteiger charge is -2.29. The molecule has 6 aromatic carbocycles. The number of rotatable bonds is 12. The second-order valence-electron chi connectivity index (χ2n) is 11.5. The van der Waals surface area contributed by atoms with E-state index in [0.717, 1.165) is 33.2 Å². The molecular weight excluding hydrogens is 660 g/mol. The van der Waals surface area contributed by atoms with Crippen LogP contribution in [0.1, 0.15) is 31.1 Å². The maximum absolute atomic E-state index is 13.6.